The Balaban J connectivity index is 3.13. The van der Waals surface area contributed by atoms with Crippen LogP contribution in [0.15, 0.2) is 23.3 Å². The van der Waals surface area contributed by atoms with Crippen LogP contribution >= 0.6 is 0 Å². The number of carbonyl (C=O) groups is 1. The Morgan fingerprint density at radius 1 is 1.64 bits per heavy atom. The maximum Gasteiger partial charge on any atom is 0.253 e. The Morgan fingerprint density at radius 3 is 2.86 bits per heavy atom. The summed E-state index contributed by atoms with van der Waals surface area (Å²) in [6.07, 6.45) is 0. The van der Waals surface area contributed by atoms with Crippen molar-refractivity contribution in [1.29, 1.82) is 0 Å². The van der Waals surface area contributed by atoms with Gasteiger partial charge in [-0.3, -0.25) is 4.79 Å². The first-order chi connectivity index (χ1) is 6.69. The lowest BCUT2D eigenvalue weighted by Gasteiger charge is -2.01. The Hall–Kier alpha value is -2.07. The van der Waals surface area contributed by atoms with Crippen molar-refractivity contribution in [3.8, 4) is 0 Å². The molecule has 0 spiro atoms. The minimum Gasteiger partial charge on any atom is -0.355 e. The van der Waals surface area contributed by atoms with Gasteiger partial charge in [-0.15, -0.1) is 0 Å². The van der Waals surface area contributed by atoms with Gasteiger partial charge in [-0.05, 0) is 17.7 Å². The van der Waals surface area contributed by atoms with Gasteiger partial charge in [0.15, 0.2) is 0 Å². The third-order valence-electron chi connectivity index (χ3n) is 1.58. The van der Waals surface area contributed by atoms with Gasteiger partial charge in [0.05, 0.1) is 5.56 Å². The largest absolute Gasteiger partial charge is 0.355 e. The molecule has 6 heteroatoms. The molecule has 0 heterocycles. The lowest BCUT2D eigenvalue weighted by molar-refractivity contribution is 0.0959. The zero-order valence-corrected chi connectivity index (χ0v) is 7.36. The fourth-order valence-corrected chi connectivity index (χ4v) is 0.937. The maximum atomic E-state index is 13.2. The van der Waals surface area contributed by atoms with Crippen molar-refractivity contribution >= 4 is 11.6 Å². The highest BCUT2D eigenvalue weighted by Crippen LogP contribution is 2.17. The van der Waals surface area contributed by atoms with Crippen LogP contribution in [-0.2, 0) is 0 Å². The fourth-order valence-electron chi connectivity index (χ4n) is 0.937. The summed E-state index contributed by atoms with van der Waals surface area (Å²) < 4.78 is 13.2. The second kappa shape index (κ2) is 4.25. The van der Waals surface area contributed by atoms with Crippen LogP contribution in [0.25, 0.3) is 10.4 Å². The van der Waals surface area contributed by atoms with Crippen LogP contribution in [0.3, 0.4) is 0 Å². The normalized spacial score (nSPS) is 9.00. The molecule has 1 amide bonds. The van der Waals surface area contributed by atoms with Gasteiger partial charge in [-0.1, -0.05) is 11.2 Å². The summed E-state index contributed by atoms with van der Waals surface area (Å²) in [7, 11) is 1.41. The monoisotopic (exact) mass is 194 g/mol. The van der Waals surface area contributed by atoms with Crippen molar-refractivity contribution < 1.29 is 9.18 Å². The van der Waals surface area contributed by atoms with Crippen LogP contribution in [0.4, 0.5) is 10.1 Å². The minimum atomic E-state index is -0.714. The van der Waals surface area contributed by atoms with E-state index in [9.17, 15) is 9.18 Å². The Morgan fingerprint density at radius 2 is 2.36 bits per heavy atom. The third kappa shape index (κ3) is 1.99. The molecule has 1 aromatic rings. The molecule has 0 saturated carbocycles. The summed E-state index contributed by atoms with van der Waals surface area (Å²) in [5.41, 5.74) is 8.15. The molecule has 1 rings (SSSR count). The molecular formula is C8H7FN4O. The van der Waals surface area contributed by atoms with Crippen molar-refractivity contribution in [2.75, 3.05) is 7.05 Å². The second-order valence-electron chi connectivity index (χ2n) is 2.43. The quantitative estimate of drug-likeness (QED) is 0.437. The van der Waals surface area contributed by atoms with Crippen molar-refractivity contribution in [2.45, 2.75) is 0 Å². The molecule has 0 aliphatic heterocycles. The van der Waals surface area contributed by atoms with Crippen LogP contribution in [0.2, 0.25) is 0 Å². The highest BCUT2D eigenvalue weighted by molar-refractivity contribution is 5.94. The highest BCUT2D eigenvalue weighted by Gasteiger charge is 2.09. The summed E-state index contributed by atoms with van der Waals surface area (Å²) >= 11 is 0. The smallest absolute Gasteiger partial charge is 0.253 e. The van der Waals surface area contributed by atoms with Crippen LogP contribution < -0.4 is 5.32 Å². The molecule has 0 bridgehead atoms. The van der Waals surface area contributed by atoms with E-state index in [1.165, 1.54) is 19.2 Å². The zero-order chi connectivity index (χ0) is 10.6. The molecule has 0 radical (unpaired) electrons. The molecule has 0 aliphatic rings. The first-order valence-electron chi connectivity index (χ1n) is 3.75. The van der Waals surface area contributed by atoms with Crippen LogP contribution in [-0.4, -0.2) is 13.0 Å². The molecule has 0 aromatic heterocycles. The van der Waals surface area contributed by atoms with E-state index >= 15 is 0 Å². The van der Waals surface area contributed by atoms with E-state index in [1.807, 2.05) is 0 Å². The molecule has 0 fully saturated rings. The fraction of sp³-hybridized carbons (Fsp3) is 0.125. The van der Waals surface area contributed by atoms with E-state index in [0.717, 1.165) is 6.07 Å². The SMILES string of the molecule is CNC(=O)c1ccc(N=[N+]=[N-])cc1F. The molecule has 72 valence electrons. The first kappa shape index (κ1) is 10.0. The summed E-state index contributed by atoms with van der Waals surface area (Å²) in [4.78, 5) is 13.5. The Bertz CT molecular complexity index is 412. The topological polar surface area (TPSA) is 77.9 Å². The molecule has 1 N–H and O–H groups in total. The van der Waals surface area contributed by atoms with E-state index in [1.54, 1.807) is 0 Å². The number of benzene rings is 1. The van der Waals surface area contributed by atoms with Crippen LogP contribution in [0.5, 0.6) is 0 Å². The van der Waals surface area contributed by atoms with E-state index in [0.29, 0.717) is 0 Å². The van der Waals surface area contributed by atoms with E-state index < -0.39 is 11.7 Å². The van der Waals surface area contributed by atoms with Gasteiger partial charge in [-0.2, -0.15) is 0 Å². The van der Waals surface area contributed by atoms with Gasteiger partial charge < -0.3 is 5.32 Å². The standard InChI is InChI=1S/C8H7FN4O/c1-11-8(14)6-3-2-5(12-13-10)4-7(6)9/h2-4H,1H3,(H,11,14). The number of azide groups is 1. The predicted octanol–water partition coefficient (Wildman–Crippen LogP) is 2.13. The first-order valence-corrected chi connectivity index (χ1v) is 3.75. The molecule has 0 atom stereocenters. The van der Waals surface area contributed by atoms with Crippen molar-refractivity contribution in [3.63, 3.8) is 0 Å². The van der Waals surface area contributed by atoms with Gasteiger partial charge in [0.25, 0.3) is 5.91 Å². The molecule has 5 nitrogen and oxygen atoms in total. The number of hydrogen-bond acceptors (Lipinski definition) is 2. The van der Waals surface area contributed by atoms with Crippen molar-refractivity contribution in [2.24, 2.45) is 5.11 Å². The summed E-state index contributed by atoms with van der Waals surface area (Å²) in [5.74, 6) is -1.23. The van der Waals surface area contributed by atoms with E-state index in [-0.39, 0.29) is 11.3 Å². The molecule has 0 unspecified atom stereocenters. The summed E-state index contributed by atoms with van der Waals surface area (Å²) in [6.45, 7) is 0. The second-order valence-corrected chi connectivity index (χ2v) is 2.43. The van der Waals surface area contributed by atoms with Crippen LogP contribution in [0, 0.1) is 5.82 Å². The number of hydrogen-bond donors (Lipinski definition) is 1. The van der Waals surface area contributed by atoms with Gasteiger partial charge in [-0.25, -0.2) is 4.39 Å². The molecule has 0 aliphatic carbocycles. The van der Waals surface area contributed by atoms with E-state index in [2.05, 4.69) is 15.3 Å². The lowest BCUT2D eigenvalue weighted by Crippen LogP contribution is -2.18. The summed E-state index contributed by atoms with van der Waals surface area (Å²) in [5, 5.41) is 5.49. The average Bonchev–Trinajstić information content (AvgIpc) is 2.17. The van der Waals surface area contributed by atoms with E-state index in [4.69, 9.17) is 5.53 Å². The Kier molecular flexibility index (Phi) is 3.04. The molecular weight excluding hydrogens is 187 g/mol. The number of amides is 1. The zero-order valence-electron chi connectivity index (χ0n) is 7.36. The number of halogens is 1. The van der Waals surface area contributed by atoms with Crippen molar-refractivity contribution in [3.05, 3.63) is 40.0 Å². The predicted molar refractivity (Wildman–Crippen MR) is 48.6 cm³/mol. The minimum absolute atomic E-state index is 0.0793. The van der Waals surface area contributed by atoms with Gasteiger partial charge in [0.2, 0.25) is 0 Å². The van der Waals surface area contributed by atoms with Gasteiger partial charge in [0.1, 0.15) is 5.82 Å². The van der Waals surface area contributed by atoms with Crippen molar-refractivity contribution in [1.82, 2.24) is 5.32 Å². The number of rotatable bonds is 2. The number of carbonyl (C=O) groups excluding carboxylic acids is 1. The van der Waals surface area contributed by atoms with Crippen LogP contribution in [0.1, 0.15) is 10.4 Å². The van der Waals surface area contributed by atoms with Gasteiger partial charge in [0, 0.05) is 17.6 Å². The molecule has 14 heavy (non-hydrogen) atoms. The Labute approximate surface area is 79.2 Å². The average molecular weight is 194 g/mol. The van der Waals surface area contributed by atoms with Gasteiger partial charge >= 0.3 is 0 Å². The maximum absolute atomic E-state index is 13.2. The highest BCUT2D eigenvalue weighted by atomic mass is 19.1. The number of nitrogens with one attached hydrogen (secondary N) is 1. The number of nitrogens with zero attached hydrogens (tertiary/aromatic N) is 3. The molecule has 1 aromatic carbocycles. The third-order valence-corrected chi connectivity index (χ3v) is 1.58. The summed E-state index contributed by atoms with van der Waals surface area (Å²) in [6, 6.07) is 3.63. The molecule has 0 saturated heterocycles. The lowest BCUT2D eigenvalue weighted by atomic mass is 10.2.